The average molecular weight is 451 g/mol. The summed E-state index contributed by atoms with van der Waals surface area (Å²) in [5.41, 5.74) is 2.18. The van der Waals surface area contributed by atoms with Crippen LogP contribution in [0.2, 0.25) is 0 Å². The molecule has 1 unspecified atom stereocenters. The van der Waals surface area contributed by atoms with Crippen molar-refractivity contribution in [2.24, 2.45) is 11.8 Å². The van der Waals surface area contributed by atoms with Gasteiger partial charge in [0.05, 0.1) is 36.4 Å². The fourth-order valence-corrected chi connectivity index (χ4v) is 4.95. The first kappa shape index (κ1) is 22.8. The van der Waals surface area contributed by atoms with Crippen LogP contribution in [-0.2, 0) is 14.3 Å². The van der Waals surface area contributed by atoms with Crippen LogP contribution in [0.25, 0.3) is 10.9 Å². The molecule has 0 spiro atoms. The van der Waals surface area contributed by atoms with E-state index in [1.54, 1.807) is 20.2 Å². The van der Waals surface area contributed by atoms with E-state index in [4.69, 9.17) is 9.47 Å². The second-order valence-corrected chi connectivity index (χ2v) is 8.65. The molecule has 0 radical (unpaired) electrons. The molecule has 1 aromatic heterocycles. The quantitative estimate of drug-likeness (QED) is 0.646. The second kappa shape index (κ2) is 10.1. The smallest absolute Gasteiger partial charge is 0.310 e. The summed E-state index contributed by atoms with van der Waals surface area (Å²) in [6.07, 6.45) is 4.63. The largest absolute Gasteiger partial charge is 0.497 e. The molecule has 0 saturated carbocycles. The number of ether oxygens (including phenoxy) is 2. The molecule has 3 heterocycles. The third kappa shape index (κ3) is 4.72. The first-order chi connectivity index (χ1) is 16.0. The minimum absolute atomic E-state index is 0.0686. The van der Waals surface area contributed by atoms with E-state index in [9.17, 15) is 14.9 Å². The van der Waals surface area contributed by atoms with Crippen LogP contribution >= 0.6 is 0 Å². The van der Waals surface area contributed by atoms with Gasteiger partial charge in [-0.05, 0) is 44.7 Å². The Balaban J connectivity index is 1.46. The molecule has 174 valence electrons. The van der Waals surface area contributed by atoms with E-state index < -0.39 is 0 Å². The van der Waals surface area contributed by atoms with Gasteiger partial charge in [-0.1, -0.05) is 0 Å². The zero-order valence-corrected chi connectivity index (χ0v) is 19.2. The molecule has 8 nitrogen and oxygen atoms in total. The van der Waals surface area contributed by atoms with Gasteiger partial charge in [0, 0.05) is 49.7 Å². The summed E-state index contributed by atoms with van der Waals surface area (Å²) in [6, 6.07) is 7.96. The summed E-state index contributed by atoms with van der Waals surface area (Å²) in [4.78, 5) is 33.8. The van der Waals surface area contributed by atoms with Crippen LogP contribution < -0.4 is 9.64 Å². The molecule has 1 aromatic carbocycles. The van der Waals surface area contributed by atoms with Gasteiger partial charge in [-0.2, -0.15) is 5.26 Å². The Morgan fingerprint density at radius 1 is 1.18 bits per heavy atom. The standard InChI is InChI=1S/C25H30N4O4/c1-3-33-25(31)18-5-4-10-29(16-18)24(30)17-8-11-28(12-9-17)23-19(14-26)15-27-22-13-20(32-2)6-7-21(22)23/h6-7,13,15,17-18H,3-5,8-12,16H2,1-2H3. The highest BCUT2D eigenvalue weighted by Gasteiger charge is 2.34. The first-order valence-electron chi connectivity index (χ1n) is 11.6. The fraction of sp³-hybridized carbons (Fsp3) is 0.520. The molecule has 1 amide bonds. The summed E-state index contributed by atoms with van der Waals surface area (Å²) in [7, 11) is 1.62. The van der Waals surface area contributed by atoms with Gasteiger partial charge in [-0.3, -0.25) is 14.6 Å². The molecule has 0 aliphatic carbocycles. The van der Waals surface area contributed by atoms with E-state index in [0.29, 0.717) is 51.2 Å². The number of anilines is 1. The van der Waals surface area contributed by atoms with Crippen LogP contribution in [0, 0.1) is 23.2 Å². The molecule has 8 heteroatoms. The molecule has 2 fully saturated rings. The second-order valence-electron chi connectivity index (χ2n) is 8.65. The van der Waals surface area contributed by atoms with E-state index in [1.807, 2.05) is 23.1 Å². The normalized spacial score (nSPS) is 19.2. The molecule has 2 aliphatic heterocycles. The van der Waals surface area contributed by atoms with Gasteiger partial charge in [-0.25, -0.2) is 0 Å². The third-order valence-corrected chi connectivity index (χ3v) is 6.68. The minimum atomic E-state index is -0.221. The van der Waals surface area contributed by atoms with Crippen molar-refractivity contribution in [3.8, 4) is 11.8 Å². The van der Waals surface area contributed by atoms with Crippen LogP contribution in [0.3, 0.4) is 0 Å². The van der Waals surface area contributed by atoms with Crippen molar-refractivity contribution in [3.05, 3.63) is 30.0 Å². The van der Waals surface area contributed by atoms with Crippen molar-refractivity contribution in [3.63, 3.8) is 0 Å². The highest BCUT2D eigenvalue weighted by atomic mass is 16.5. The molecule has 2 saturated heterocycles. The highest BCUT2D eigenvalue weighted by Crippen LogP contribution is 2.34. The Hall–Kier alpha value is -3.34. The lowest BCUT2D eigenvalue weighted by Gasteiger charge is -2.38. The molecule has 2 aliphatic rings. The molecular weight excluding hydrogens is 420 g/mol. The zero-order chi connectivity index (χ0) is 23.4. The first-order valence-corrected chi connectivity index (χ1v) is 11.6. The number of nitriles is 1. The Morgan fingerprint density at radius 2 is 1.97 bits per heavy atom. The van der Waals surface area contributed by atoms with Gasteiger partial charge in [0.1, 0.15) is 11.8 Å². The predicted molar refractivity (Wildman–Crippen MR) is 124 cm³/mol. The van der Waals surface area contributed by atoms with E-state index in [1.165, 1.54) is 0 Å². The molecule has 0 bridgehead atoms. The molecule has 33 heavy (non-hydrogen) atoms. The van der Waals surface area contributed by atoms with Gasteiger partial charge in [0.2, 0.25) is 5.91 Å². The number of hydrogen-bond donors (Lipinski definition) is 0. The van der Waals surface area contributed by atoms with Gasteiger partial charge in [0.15, 0.2) is 0 Å². The zero-order valence-electron chi connectivity index (χ0n) is 19.2. The van der Waals surface area contributed by atoms with E-state index in [2.05, 4.69) is 16.0 Å². The Bertz CT molecular complexity index is 1070. The van der Waals surface area contributed by atoms with Crippen molar-refractivity contribution >= 4 is 28.5 Å². The molecule has 0 N–H and O–H groups in total. The van der Waals surface area contributed by atoms with E-state index in [0.717, 1.165) is 35.2 Å². The lowest BCUT2D eigenvalue weighted by molar-refractivity contribution is -0.152. The summed E-state index contributed by atoms with van der Waals surface area (Å²) in [5.74, 6) is 0.364. The number of pyridine rings is 1. The van der Waals surface area contributed by atoms with Crippen LogP contribution in [0.5, 0.6) is 5.75 Å². The van der Waals surface area contributed by atoms with Crippen molar-refractivity contribution in [1.82, 2.24) is 9.88 Å². The summed E-state index contributed by atoms with van der Waals surface area (Å²) < 4.78 is 10.5. The number of fused-ring (bicyclic) bond motifs is 1. The summed E-state index contributed by atoms with van der Waals surface area (Å²) in [6.45, 7) is 4.69. The number of likely N-dealkylation sites (tertiary alicyclic amines) is 1. The number of methoxy groups -OCH3 is 1. The highest BCUT2D eigenvalue weighted by molar-refractivity contribution is 5.95. The molecule has 1 atom stereocenters. The number of aromatic nitrogens is 1. The molecule has 4 rings (SSSR count). The number of piperidine rings is 2. The number of nitrogens with zero attached hydrogens (tertiary/aromatic N) is 4. The van der Waals surface area contributed by atoms with Crippen LogP contribution in [0.1, 0.15) is 38.2 Å². The van der Waals surface area contributed by atoms with Gasteiger partial charge < -0.3 is 19.3 Å². The Morgan fingerprint density at radius 3 is 2.67 bits per heavy atom. The predicted octanol–water partition coefficient (Wildman–Crippen LogP) is 3.13. The monoisotopic (exact) mass is 450 g/mol. The number of carbonyl (C=O) groups excluding carboxylic acids is 2. The number of benzene rings is 1. The maximum absolute atomic E-state index is 13.2. The lowest BCUT2D eigenvalue weighted by atomic mass is 9.91. The summed E-state index contributed by atoms with van der Waals surface area (Å²) in [5, 5.41) is 10.6. The topological polar surface area (TPSA) is 95.8 Å². The molecular formula is C25H30N4O4. The van der Waals surface area contributed by atoms with Crippen molar-refractivity contribution in [1.29, 1.82) is 5.26 Å². The van der Waals surface area contributed by atoms with Gasteiger partial charge >= 0.3 is 5.97 Å². The van der Waals surface area contributed by atoms with Crippen molar-refractivity contribution in [2.45, 2.75) is 32.6 Å². The Kier molecular flexibility index (Phi) is 6.97. The SMILES string of the molecule is CCOC(=O)C1CCCN(C(=O)C2CCN(c3c(C#N)cnc4cc(OC)ccc34)CC2)C1. The number of amides is 1. The minimum Gasteiger partial charge on any atom is -0.497 e. The maximum Gasteiger partial charge on any atom is 0.310 e. The van der Waals surface area contributed by atoms with Crippen molar-refractivity contribution in [2.75, 3.05) is 44.8 Å². The number of carbonyl (C=O) groups is 2. The lowest BCUT2D eigenvalue weighted by Crippen LogP contribution is -2.47. The average Bonchev–Trinajstić information content (AvgIpc) is 2.87. The number of rotatable bonds is 5. The van der Waals surface area contributed by atoms with Crippen LogP contribution in [0.15, 0.2) is 24.4 Å². The van der Waals surface area contributed by atoms with Gasteiger partial charge in [-0.15, -0.1) is 0 Å². The summed E-state index contributed by atoms with van der Waals surface area (Å²) >= 11 is 0. The number of hydrogen-bond acceptors (Lipinski definition) is 7. The van der Waals surface area contributed by atoms with Crippen molar-refractivity contribution < 1.29 is 19.1 Å². The maximum atomic E-state index is 13.2. The molecule has 2 aromatic rings. The third-order valence-electron chi connectivity index (χ3n) is 6.68. The Labute approximate surface area is 194 Å². The van der Waals surface area contributed by atoms with Gasteiger partial charge in [0.25, 0.3) is 0 Å². The van der Waals surface area contributed by atoms with Crippen LogP contribution in [0.4, 0.5) is 5.69 Å². The van der Waals surface area contributed by atoms with E-state index >= 15 is 0 Å². The van der Waals surface area contributed by atoms with E-state index in [-0.39, 0.29) is 23.7 Å². The van der Waals surface area contributed by atoms with Crippen LogP contribution in [-0.4, -0.2) is 61.7 Å². The number of esters is 1. The fourth-order valence-electron chi connectivity index (χ4n) is 4.95.